The minimum atomic E-state index is -0.298. The van der Waals surface area contributed by atoms with Crippen molar-refractivity contribution in [3.8, 4) is 0 Å². The number of halogens is 1. The van der Waals surface area contributed by atoms with E-state index in [9.17, 15) is 9.59 Å². The number of hydrogen-bond donors (Lipinski definition) is 2. The molecule has 5 heteroatoms. The van der Waals surface area contributed by atoms with E-state index in [1.165, 1.54) is 6.07 Å². The SMILES string of the molecule is O=C(NCc1cccc(Br)c1)c1cccc(=O)[nH]1. The molecule has 0 saturated carbocycles. The molecule has 92 valence electrons. The van der Waals surface area contributed by atoms with E-state index in [1.807, 2.05) is 24.3 Å². The van der Waals surface area contributed by atoms with Crippen LogP contribution in [0.4, 0.5) is 0 Å². The molecule has 0 aliphatic carbocycles. The van der Waals surface area contributed by atoms with Gasteiger partial charge in [-0.3, -0.25) is 9.59 Å². The van der Waals surface area contributed by atoms with Crippen LogP contribution in [0.3, 0.4) is 0 Å². The lowest BCUT2D eigenvalue weighted by atomic mass is 10.2. The van der Waals surface area contributed by atoms with Crippen molar-refractivity contribution in [2.24, 2.45) is 0 Å². The van der Waals surface area contributed by atoms with E-state index in [2.05, 4.69) is 26.2 Å². The number of amides is 1. The number of aromatic amines is 1. The van der Waals surface area contributed by atoms with Gasteiger partial charge in [-0.25, -0.2) is 0 Å². The second-order valence-electron chi connectivity index (χ2n) is 3.74. The van der Waals surface area contributed by atoms with Gasteiger partial charge in [-0.1, -0.05) is 34.1 Å². The van der Waals surface area contributed by atoms with Crippen LogP contribution in [-0.2, 0) is 6.54 Å². The molecule has 0 saturated heterocycles. The fourth-order valence-electron chi connectivity index (χ4n) is 1.50. The van der Waals surface area contributed by atoms with E-state index in [0.29, 0.717) is 6.54 Å². The Morgan fingerprint density at radius 1 is 1.22 bits per heavy atom. The first-order valence-electron chi connectivity index (χ1n) is 5.37. The van der Waals surface area contributed by atoms with Gasteiger partial charge in [-0.15, -0.1) is 0 Å². The molecule has 4 nitrogen and oxygen atoms in total. The van der Waals surface area contributed by atoms with Gasteiger partial charge >= 0.3 is 0 Å². The van der Waals surface area contributed by atoms with E-state index in [0.717, 1.165) is 10.0 Å². The minimum Gasteiger partial charge on any atom is -0.347 e. The van der Waals surface area contributed by atoms with Crippen molar-refractivity contribution in [2.45, 2.75) is 6.54 Å². The molecule has 0 aliphatic rings. The molecule has 0 fully saturated rings. The van der Waals surface area contributed by atoms with Gasteiger partial charge in [0.15, 0.2) is 0 Å². The number of rotatable bonds is 3. The summed E-state index contributed by atoms with van der Waals surface area (Å²) in [6, 6.07) is 12.1. The third-order valence-corrected chi connectivity index (χ3v) is 2.85. The van der Waals surface area contributed by atoms with Crippen LogP contribution in [0, 0.1) is 0 Å². The Balaban J connectivity index is 2.03. The number of benzene rings is 1. The van der Waals surface area contributed by atoms with Crippen LogP contribution in [0.25, 0.3) is 0 Å². The van der Waals surface area contributed by atoms with Crippen LogP contribution in [0.15, 0.2) is 51.7 Å². The average molecular weight is 307 g/mol. The Kier molecular flexibility index (Phi) is 3.94. The first-order valence-corrected chi connectivity index (χ1v) is 6.16. The molecule has 18 heavy (non-hydrogen) atoms. The Hall–Kier alpha value is -1.88. The maximum Gasteiger partial charge on any atom is 0.268 e. The maximum atomic E-state index is 11.8. The molecule has 0 atom stereocenters. The highest BCUT2D eigenvalue weighted by Gasteiger charge is 2.05. The van der Waals surface area contributed by atoms with Gasteiger partial charge in [0.05, 0.1) is 0 Å². The van der Waals surface area contributed by atoms with Gasteiger partial charge in [0.1, 0.15) is 5.69 Å². The zero-order valence-electron chi connectivity index (χ0n) is 9.44. The van der Waals surface area contributed by atoms with E-state index in [4.69, 9.17) is 0 Å². The summed E-state index contributed by atoms with van der Waals surface area (Å²) in [5.41, 5.74) is 0.957. The molecule has 0 aliphatic heterocycles. The zero-order chi connectivity index (χ0) is 13.0. The zero-order valence-corrected chi connectivity index (χ0v) is 11.0. The first kappa shape index (κ1) is 12.6. The molecule has 0 spiro atoms. The second-order valence-corrected chi connectivity index (χ2v) is 4.66. The van der Waals surface area contributed by atoms with Gasteiger partial charge < -0.3 is 10.3 Å². The molecule has 1 aromatic carbocycles. The third-order valence-electron chi connectivity index (χ3n) is 2.36. The fraction of sp³-hybridized carbons (Fsp3) is 0.0769. The van der Waals surface area contributed by atoms with Crippen LogP contribution < -0.4 is 10.9 Å². The standard InChI is InChI=1S/C13H11BrN2O2/c14-10-4-1-3-9(7-10)8-15-13(18)11-5-2-6-12(17)16-11/h1-7H,8H2,(H,15,18)(H,16,17). The molecule has 2 rings (SSSR count). The molecular formula is C13H11BrN2O2. The van der Waals surface area contributed by atoms with Crippen molar-refractivity contribution in [3.05, 3.63) is 68.5 Å². The predicted molar refractivity (Wildman–Crippen MR) is 72.4 cm³/mol. The van der Waals surface area contributed by atoms with E-state index in [1.54, 1.807) is 12.1 Å². The van der Waals surface area contributed by atoms with Gasteiger partial charge in [0.2, 0.25) is 5.56 Å². The summed E-state index contributed by atoms with van der Waals surface area (Å²) >= 11 is 3.36. The Morgan fingerprint density at radius 3 is 2.72 bits per heavy atom. The second kappa shape index (κ2) is 5.64. The highest BCUT2D eigenvalue weighted by atomic mass is 79.9. The monoisotopic (exact) mass is 306 g/mol. The number of pyridine rings is 1. The summed E-state index contributed by atoms with van der Waals surface area (Å²) in [5.74, 6) is -0.298. The van der Waals surface area contributed by atoms with Crippen LogP contribution >= 0.6 is 15.9 Å². The molecular weight excluding hydrogens is 296 g/mol. The number of hydrogen-bond acceptors (Lipinski definition) is 2. The molecule has 0 unspecified atom stereocenters. The smallest absolute Gasteiger partial charge is 0.268 e. The van der Waals surface area contributed by atoms with Crippen molar-refractivity contribution in [3.63, 3.8) is 0 Å². The molecule has 0 bridgehead atoms. The Bertz CT molecular complexity index is 622. The van der Waals surface area contributed by atoms with Crippen molar-refractivity contribution in [2.75, 3.05) is 0 Å². The Morgan fingerprint density at radius 2 is 2.00 bits per heavy atom. The van der Waals surface area contributed by atoms with Crippen molar-refractivity contribution in [1.82, 2.24) is 10.3 Å². The summed E-state index contributed by atoms with van der Waals surface area (Å²) in [6.45, 7) is 0.412. The highest BCUT2D eigenvalue weighted by Crippen LogP contribution is 2.11. The lowest BCUT2D eigenvalue weighted by Gasteiger charge is -2.05. The van der Waals surface area contributed by atoms with Crippen LogP contribution in [0.2, 0.25) is 0 Å². The average Bonchev–Trinajstić information content (AvgIpc) is 2.36. The topological polar surface area (TPSA) is 62.0 Å². The minimum absolute atomic E-state index is 0.262. The Labute approximate surface area is 112 Å². The van der Waals surface area contributed by atoms with Crippen molar-refractivity contribution < 1.29 is 4.79 Å². The summed E-state index contributed by atoms with van der Waals surface area (Å²) in [6.07, 6.45) is 0. The molecule has 1 heterocycles. The van der Waals surface area contributed by atoms with E-state index >= 15 is 0 Å². The quantitative estimate of drug-likeness (QED) is 0.912. The molecule has 2 aromatic rings. The van der Waals surface area contributed by atoms with Crippen LogP contribution in [0.5, 0.6) is 0 Å². The largest absolute Gasteiger partial charge is 0.347 e. The molecule has 2 N–H and O–H groups in total. The van der Waals surface area contributed by atoms with E-state index in [-0.39, 0.29) is 17.2 Å². The number of nitrogens with one attached hydrogen (secondary N) is 2. The lowest BCUT2D eigenvalue weighted by Crippen LogP contribution is -2.25. The van der Waals surface area contributed by atoms with Gasteiger partial charge in [-0.05, 0) is 23.8 Å². The molecule has 1 aromatic heterocycles. The predicted octanol–water partition coefficient (Wildman–Crippen LogP) is 2.07. The number of H-pyrrole nitrogens is 1. The maximum absolute atomic E-state index is 11.8. The van der Waals surface area contributed by atoms with Crippen molar-refractivity contribution >= 4 is 21.8 Å². The summed E-state index contributed by atoms with van der Waals surface area (Å²) in [4.78, 5) is 25.3. The normalized spacial score (nSPS) is 10.1. The molecule has 1 amide bonds. The fourth-order valence-corrected chi connectivity index (χ4v) is 1.95. The summed E-state index contributed by atoms with van der Waals surface area (Å²) < 4.78 is 0.961. The first-order chi connectivity index (χ1) is 8.65. The number of aromatic nitrogens is 1. The highest BCUT2D eigenvalue weighted by molar-refractivity contribution is 9.10. The van der Waals surface area contributed by atoms with Crippen molar-refractivity contribution in [1.29, 1.82) is 0 Å². The van der Waals surface area contributed by atoms with E-state index < -0.39 is 0 Å². The molecule has 0 radical (unpaired) electrons. The van der Waals surface area contributed by atoms with Gasteiger partial charge in [0.25, 0.3) is 5.91 Å². The lowest BCUT2D eigenvalue weighted by molar-refractivity contribution is 0.0945. The van der Waals surface area contributed by atoms with Crippen LogP contribution in [0.1, 0.15) is 16.1 Å². The van der Waals surface area contributed by atoms with Crippen LogP contribution in [-0.4, -0.2) is 10.9 Å². The third kappa shape index (κ3) is 3.30. The van der Waals surface area contributed by atoms with Gasteiger partial charge in [0, 0.05) is 17.1 Å². The summed E-state index contributed by atoms with van der Waals surface area (Å²) in [7, 11) is 0. The summed E-state index contributed by atoms with van der Waals surface area (Å²) in [5, 5.41) is 2.74. The number of carbonyl (C=O) groups is 1. The number of carbonyl (C=O) groups excluding carboxylic acids is 1. The van der Waals surface area contributed by atoms with Gasteiger partial charge in [-0.2, -0.15) is 0 Å².